The van der Waals surface area contributed by atoms with Gasteiger partial charge in [0.2, 0.25) is 0 Å². The van der Waals surface area contributed by atoms with E-state index >= 15 is 0 Å². The lowest BCUT2D eigenvalue weighted by Gasteiger charge is -2.00. The minimum Gasteiger partial charge on any atom is -0.507 e. The molecule has 0 aliphatic rings. The Kier molecular flexibility index (Phi) is 1.70. The van der Waals surface area contributed by atoms with Crippen molar-refractivity contribution >= 4 is 23.4 Å². The molecular weight excluding hydrogens is 168 g/mol. The number of phenols is 1. The predicted octanol–water partition coefficient (Wildman–Crippen LogP) is 2.83. The van der Waals surface area contributed by atoms with Crippen LogP contribution in [0.5, 0.6) is 5.75 Å². The molecule has 0 unspecified atom stereocenters. The van der Waals surface area contributed by atoms with Crippen LogP contribution in [0, 0.1) is 0 Å². The van der Waals surface area contributed by atoms with Gasteiger partial charge in [-0.15, -0.1) is 12.6 Å². The fraction of sp³-hybridized carbons (Fsp3) is 0. The Bertz CT molecular complexity index is 423. The normalized spacial score (nSPS) is 10.4. The Balaban J connectivity index is 2.89. The van der Waals surface area contributed by atoms with E-state index in [0.717, 1.165) is 15.7 Å². The van der Waals surface area contributed by atoms with Crippen molar-refractivity contribution in [1.29, 1.82) is 0 Å². The molecule has 0 aliphatic carbocycles. The molecule has 0 spiro atoms. The van der Waals surface area contributed by atoms with Gasteiger partial charge < -0.3 is 5.11 Å². The Morgan fingerprint density at radius 3 is 2.67 bits per heavy atom. The third kappa shape index (κ3) is 1.14. The third-order valence-electron chi connectivity index (χ3n) is 1.82. The van der Waals surface area contributed by atoms with Gasteiger partial charge in [-0.25, -0.2) is 0 Å². The first-order valence-corrected chi connectivity index (χ1v) is 4.13. The van der Waals surface area contributed by atoms with Crippen LogP contribution in [0.2, 0.25) is 0 Å². The van der Waals surface area contributed by atoms with Crippen LogP contribution in [0.4, 0.5) is 0 Å². The molecule has 2 aromatic carbocycles. The maximum absolute atomic E-state index is 9.50. The zero-order valence-corrected chi connectivity index (χ0v) is 7.25. The Labute approximate surface area is 76.1 Å². The van der Waals surface area contributed by atoms with Gasteiger partial charge in [0.05, 0.1) is 0 Å². The van der Waals surface area contributed by atoms with Gasteiger partial charge in [-0.2, -0.15) is 0 Å². The molecule has 0 aromatic heterocycles. The van der Waals surface area contributed by atoms with Crippen molar-refractivity contribution in [2.75, 3.05) is 0 Å². The maximum Gasteiger partial charge on any atom is 0.124 e. The van der Waals surface area contributed by atoms with Gasteiger partial charge in [0.15, 0.2) is 0 Å². The Morgan fingerprint density at radius 2 is 1.83 bits per heavy atom. The van der Waals surface area contributed by atoms with Gasteiger partial charge in [-0.05, 0) is 17.5 Å². The summed E-state index contributed by atoms with van der Waals surface area (Å²) in [4.78, 5) is 0.784. The number of thiol groups is 1. The van der Waals surface area contributed by atoms with E-state index in [2.05, 4.69) is 12.6 Å². The molecule has 0 amide bonds. The second kappa shape index (κ2) is 2.72. The van der Waals surface area contributed by atoms with E-state index in [9.17, 15) is 5.11 Å². The average Bonchev–Trinajstić information content (AvgIpc) is 2.04. The number of phenolic OH excluding ortho intramolecular Hbond substituents is 1. The summed E-state index contributed by atoms with van der Waals surface area (Å²) in [5, 5.41) is 11.4. The number of hydrogen-bond acceptors (Lipinski definition) is 2. The van der Waals surface area contributed by atoms with Crippen LogP contribution in [0.3, 0.4) is 0 Å². The summed E-state index contributed by atoms with van der Waals surface area (Å²) in [5.41, 5.74) is 0. The highest BCUT2D eigenvalue weighted by Gasteiger charge is 1.98. The van der Waals surface area contributed by atoms with Crippen molar-refractivity contribution in [3.63, 3.8) is 0 Å². The van der Waals surface area contributed by atoms with Crippen LogP contribution in [0.25, 0.3) is 10.8 Å². The summed E-state index contributed by atoms with van der Waals surface area (Å²) in [6.07, 6.45) is 0. The van der Waals surface area contributed by atoms with Crippen molar-refractivity contribution in [2.24, 2.45) is 0 Å². The fourth-order valence-corrected chi connectivity index (χ4v) is 1.54. The first-order valence-electron chi connectivity index (χ1n) is 3.68. The van der Waals surface area contributed by atoms with Crippen LogP contribution in [-0.2, 0) is 0 Å². The molecule has 0 atom stereocenters. The van der Waals surface area contributed by atoms with Crippen molar-refractivity contribution < 1.29 is 5.11 Å². The quantitative estimate of drug-likeness (QED) is 0.591. The van der Waals surface area contributed by atoms with Crippen molar-refractivity contribution in [1.82, 2.24) is 0 Å². The van der Waals surface area contributed by atoms with Crippen LogP contribution < -0.4 is 0 Å². The molecule has 0 bridgehead atoms. The summed E-state index contributed by atoms with van der Waals surface area (Å²) in [7, 11) is 0. The van der Waals surface area contributed by atoms with E-state index in [4.69, 9.17) is 0 Å². The molecule has 2 rings (SSSR count). The largest absolute Gasteiger partial charge is 0.507 e. The lowest BCUT2D eigenvalue weighted by Crippen LogP contribution is -1.73. The standard InChI is InChI=1S/C10H8OS/c11-10-6-8(12)5-7-3-1-2-4-9(7)10/h1-6,11-12H. The highest BCUT2D eigenvalue weighted by molar-refractivity contribution is 7.80. The first-order chi connectivity index (χ1) is 5.77. The minimum atomic E-state index is 0.290. The first kappa shape index (κ1) is 7.50. The third-order valence-corrected chi connectivity index (χ3v) is 2.08. The molecule has 0 fully saturated rings. The number of rotatable bonds is 0. The molecule has 0 heterocycles. The molecule has 1 nitrogen and oxygen atoms in total. The smallest absolute Gasteiger partial charge is 0.124 e. The predicted molar refractivity (Wildman–Crippen MR) is 52.9 cm³/mol. The minimum absolute atomic E-state index is 0.290. The van der Waals surface area contributed by atoms with Gasteiger partial charge in [-0.3, -0.25) is 0 Å². The molecule has 2 aromatic rings. The molecule has 1 N–H and O–H groups in total. The zero-order valence-electron chi connectivity index (χ0n) is 6.36. The van der Waals surface area contributed by atoms with E-state index in [1.54, 1.807) is 6.07 Å². The van der Waals surface area contributed by atoms with Crippen LogP contribution in [0.1, 0.15) is 0 Å². The molecule has 60 valence electrons. The van der Waals surface area contributed by atoms with Gasteiger partial charge in [0, 0.05) is 10.3 Å². The zero-order chi connectivity index (χ0) is 8.55. The fourth-order valence-electron chi connectivity index (χ4n) is 1.27. The highest BCUT2D eigenvalue weighted by Crippen LogP contribution is 2.27. The average molecular weight is 176 g/mol. The van der Waals surface area contributed by atoms with E-state index in [-0.39, 0.29) is 5.75 Å². The SMILES string of the molecule is Oc1cc(S)cc2ccccc12. The number of benzene rings is 2. The number of hydrogen-bond donors (Lipinski definition) is 2. The summed E-state index contributed by atoms with van der Waals surface area (Å²) in [5.74, 6) is 0.290. The summed E-state index contributed by atoms with van der Waals surface area (Å²) >= 11 is 4.17. The summed E-state index contributed by atoms with van der Waals surface area (Å²) in [6.45, 7) is 0. The van der Waals surface area contributed by atoms with E-state index in [0.29, 0.717) is 0 Å². The topological polar surface area (TPSA) is 20.2 Å². The van der Waals surface area contributed by atoms with Crippen LogP contribution >= 0.6 is 12.6 Å². The number of aromatic hydroxyl groups is 1. The van der Waals surface area contributed by atoms with Crippen molar-refractivity contribution in [2.45, 2.75) is 4.90 Å². The highest BCUT2D eigenvalue weighted by atomic mass is 32.1. The Morgan fingerprint density at radius 1 is 1.08 bits per heavy atom. The van der Waals surface area contributed by atoms with Crippen LogP contribution in [-0.4, -0.2) is 5.11 Å². The van der Waals surface area contributed by atoms with Gasteiger partial charge >= 0.3 is 0 Å². The van der Waals surface area contributed by atoms with Crippen molar-refractivity contribution in [3.05, 3.63) is 36.4 Å². The van der Waals surface area contributed by atoms with Gasteiger partial charge in [-0.1, -0.05) is 24.3 Å². The molecule has 0 saturated carbocycles. The van der Waals surface area contributed by atoms with E-state index in [1.165, 1.54) is 0 Å². The lowest BCUT2D eigenvalue weighted by atomic mass is 10.1. The maximum atomic E-state index is 9.50. The second-order valence-electron chi connectivity index (χ2n) is 2.69. The van der Waals surface area contributed by atoms with Crippen LogP contribution in [0.15, 0.2) is 41.3 Å². The van der Waals surface area contributed by atoms with Crippen molar-refractivity contribution in [3.8, 4) is 5.75 Å². The lowest BCUT2D eigenvalue weighted by molar-refractivity contribution is 0.480. The second-order valence-corrected chi connectivity index (χ2v) is 3.20. The monoisotopic (exact) mass is 176 g/mol. The molecule has 12 heavy (non-hydrogen) atoms. The Hall–Kier alpha value is -1.15. The van der Waals surface area contributed by atoms with Gasteiger partial charge in [0.25, 0.3) is 0 Å². The molecule has 0 aliphatic heterocycles. The van der Waals surface area contributed by atoms with E-state index in [1.807, 2.05) is 30.3 Å². The molecule has 0 saturated heterocycles. The summed E-state index contributed by atoms with van der Waals surface area (Å²) in [6, 6.07) is 11.3. The van der Waals surface area contributed by atoms with E-state index < -0.39 is 0 Å². The molecule has 0 radical (unpaired) electrons. The summed E-state index contributed by atoms with van der Waals surface area (Å²) < 4.78 is 0. The number of fused-ring (bicyclic) bond motifs is 1. The van der Waals surface area contributed by atoms with Gasteiger partial charge in [0.1, 0.15) is 5.75 Å². The molecule has 2 heteroatoms. The molecular formula is C10H8OS.